The van der Waals surface area contributed by atoms with Gasteiger partial charge in [0.2, 0.25) is 5.91 Å². The zero-order valence-corrected chi connectivity index (χ0v) is 7.63. The van der Waals surface area contributed by atoms with Crippen LogP contribution in [0.15, 0.2) is 6.20 Å². The van der Waals surface area contributed by atoms with Gasteiger partial charge in [0.05, 0.1) is 17.6 Å². The van der Waals surface area contributed by atoms with Crippen LogP contribution in [0.2, 0.25) is 0 Å². The van der Waals surface area contributed by atoms with Crippen molar-refractivity contribution in [2.45, 2.75) is 26.2 Å². The van der Waals surface area contributed by atoms with Gasteiger partial charge in [0.15, 0.2) is 0 Å². The van der Waals surface area contributed by atoms with Gasteiger partial charge < -0.3 is 5.32 Å². The van der Waals surface area contributed by atoms with Gasteiger partial charge in [0, 0.05) is 5.92 Å². The third-order valence-corrected chi connectivity index (χ3v) is 2.28. The van der Waals surface area contributed by atoms with Gasteiger partial charge in [-0.1, -0.05) is 6.92 Å². The molecule has 0 atom stereocenters. The first-order valence-electron chi connectivity index (χ1n) is 4.64. The Labute approximate surface area is 76.7 Å². The molecule has 1 saturated carbocycles. The SMILES string of the molecule is CCc1[nH]ncc1NC(=O)C1CC1. The highest BCUT2D eigenvalue weighted by Crippen LogP contribution is 2.30. The summed E-state index contributed by atoms with van der Waals surface area (Å²) in [6.07, 6.45) is 4.59. The molecule has 2 N–H and O–H groups in total. The Morgan fingerprint density at radius 1 is 1.77 bits per heavy atom. The molecule has 4 nitrogen and oxygen atoms in total. The molecule has 0 aliphatic heterocycles. The monoisotopic (exact) mass is 179 g/mol. The molecule has 0 radical (unpaired) electrons. The zero-order chi connectivity index (χ0) is 9.26. The summed E-state index contributed by atoms with van der Waals surface area (Å²) in [6, 6.07) is 0. The second-order valence-corrected chi connectivity index (χ2v) is 3.38. The molecule has 1 aliphatic carbocycles. The highest BCUT2D eigenvalue weighted by Gasteiger charge is 2.29. The quantitative estimate of drug-likeness (QED) is 0.735. The fourth-order valence-corrected chi connectivity index (χ4v) is 1.27. The van der Waals surface area contributed by atoms with E-state index in [0.717, 1.165) is 30.6 Å². The number of aromatic nitrogens is 2. The second-order valence-electron chi connectivity index (χ2n) is 3.38. The van der Waals surface area contributed by atoms with Crippen molar-refractivity contribution in [3.63, 3.8) is 0 Å². The Balaban J connectivity index is 2.03. The van der Waals surface area contributed by atoms with Gasteiger partial charge >= 0.3 is 0 Å². The summed E-state index contributed by atoms with van der Waals surface area (Å²) in [6.45, 7) is 2.03. The molecule has 0 aromatic carbocycles. The van der Waals surface area contributed by atoms with Crippen molar-refractivity contribution in [3.8, 4) is 0 Å². The van der Waals surface area contributed by atoms with E-state index in [1.165, 1.54) is 0 Å². The molecule has 1 aromatic heterocycles. The van der Waals surface area contributed by atoms with Crippen LogP contribution in [0.4, 0.5) is 5.69 Å². The number of hydrogen-bond acceptors (Lipinski definition) is 2. The minimum atomic E-state index is 0.135. The number of nitrogens with zero attached hydrogens (tertiary/aromatic N) is 1. The number of hydrogen-bond donors (Lipinski definition) is 2. The van der Waals surface area contributed by atoms with Gasteiger partial charge in [-0.25, -0.2) is 0 Å². The number of nitrogens with one attached hydrogen (secondary N) is 2. The number of aryl methyl sites for hydroxylation is 1. The van der Waals surface area contributed by atoms with E-state index in [1.54, 1.807) is 6.20 Å². The van der Waals surface area contributed by atoms with Crippen LogP contribution in [0.25, 0.3) is 0 Å². The molecule has 0 saturated heterocycles. The molecule has 0 unspecified atom stereocenters. The zero-order valence-electron chi connectivity index (χ0n) is 7.63. The van der Waals surface area contributed by atoms with Crippen molar-refractivity contribution >= 4 is 11.6 Å². The lowest BCUT2D eigenvalue weighted by Gasteiger charge is -2.02. The third kappa shape index (κ3) is 1.71. The number of aromatic amines is 1. The minimum Gasteiger partial charge on any atom is -0.323 e. The standard InChI is InChI=1S/C9H13N3O/c1-2-7-8(5-10-12-7)11-9(13)6-3-4-6/h5-6H,2-4H2,1H3,(H,10,12)(H,11,13). The van der Waals surface area contributed by atoms with Gasteiger partial charge in [-0.2, -0.15) is 5.10 Å². The maximum absolute atomic E-state index is 11.4. The first-order chi connectivity index (χ1) is 6.31. The molecule has 1 amide bonds. The van der Waals surface area contributed by atoms with Gasteiger partial charge in [-0.05, 0) is 19.3 Å². The summed E-state index contributed by atoms with van der Waals surface area (Å²) >= 11 is 0. The largest absolute Gasteiger partial charge is 0.323 e. The number of amides is 1. The number of anilines is 1. The van der Waals surface area contributed by atoms with E-state index in [9.17, 15) is 4.79 Å². The van der Waals surface area contributed by atoms with E-state index >= 15 is 0 Å². The van der Waals surface area contributed by atoms with E-state index < -0.39 is 0 Å². The lowest BCUT2D eigenvalue weighted by molar-refractivity contribution is -0.117. The number of rotatable bonds is 3. The molecule has 1 aromatic rings. The lowest BCUT2D eigenvalue weighted by atomic mass is 10.3. The average Bonchev–Trinajstić information content (AvgIpc) is 2.88. The van der Waals surface area contributed by atoms with E-state index in [-0.39, 0.29) is 11.8 Å². The van der Waals surface area contributed by atoms with Crippen LogP contribution in [-0.4, -0.2) is 16.1 Å². The van der Waals surface area contributed by atoms with Crippen LogP contribution in [0.3, 0.4) is 0 Å². The topological polar surface area (TPSA) is 57.8 Å². The van der Waals surface area contributed by atoms with Crippen molar-refractivity contribution in [2.24, 2.45) is 5.92 Å². The lowest BCUT2D eigenvalue weighted by Crippen LogP contribution is -2.13. The van der Waals surface area contributed by atoms with E-state index in [1.807, 2.05) is 6.92 Å². The molecule has 0 spiro atoms. The Morgan fingerprint density at radius 3 is 3.15 bits per heavy atom. The van der Waals surface area contributed by atoms with E-state index in [0.29, 0.717) is 0 Å². The molecule has 1 aliphatic rings. The van der Waals surface area contributed by atoms with E-state index in [4.69, 9.17) is 0 Å². The summed E-state index contributed by atoms with van der Waals surface area (Å²) in [5.74, 6) is 0.385. The Kier molecular flexibility index (Phi) is 2.04. The molecule has 1 heterocycles. The predicted octanol–water partition coefficient (Wildman–Crippen LogP) is 1.32. The van der Waals surface area contributed by atoms with Crippen LogP contribution in [0.1, 0.15) is 25.5 Å². The Bertz CT molecular complexity index is 314. The number of carbonyl (C=O) groups excluding carboxylic acids is 1. The molecular formula is C9H13N3O. The van der Waals surface area contributed by atoms with Crippen molar-refractivity contribution in [2.75, 3.05) is 5.32 Å². The van der Waals surface area contributed by atoms with Gasteiger partial charge in [-0.15, -0.1) is 0 Å². The summed E-state index contributed by atoms with van der Waals surface area (Å²) in [7, 11) is 0. The van der Waals surface area contributed by atoms with Gasteiger partial charge in [-0.3, -0.25) is 9.89 Å². The first-order valence-corrected chi connectivity index (χ1v) is 4.64. The van der Waals surface area contributed by atoms with Gasteiger partial charge in [0.1, 0.15) is 0 Å². The summed E-state index contributed by atoms with van der Waals surface area (Å²) in [5, 5.41) is 9.61. The maximum Gasteiger partial charge on any atom is 0.227 e. The molecule has 70 valence electrons. The van der Waals surface area contributed by atoms with Crippen molar-refractivity contribution < 1.29 is 4.79 Å². The number of H-pyrrole nitrogens is 1. The predicted molar refractivity (Wildman–Crippen MR) is 49.3 cm³/mol. The smallest absolute Gasteiger partial charge is 0.227 e. The number of carbonyl (C=O) groups is 1. The van der Waals surface area contributed by atoms with E-state index in [2.05, 4.69) is 15.5 Å². The fourth-order valence-electron chi connectivity index (χ4n) is 1.27. The Hall–Kier alpha value is -1.32. The van der Waals surface area contributed by atoms with Crippen LogP contribution < -0.4 is 5.32 Å². The normalized spacial score (nSPS) is 15.8. The van der Waals surface area contributed by atoms with Crippen LogP contribution in [-0.2, 0) is 11.2 Å². The fraction of sp³-hybridized carbons (Fsp3) is 0.556. The van der Waals surface area contributed by atoms with Crippen molar-refractivity contribution in [3.05, 3.63) is 11.9 Å². The molecule has 2 rings (SSSR count). The Morgan fingerprint density at radius 2 is 2.54 bits per heavy atom. The van der Waals surface area contributed by atoms with Crippen molar-refractivity contribution in [1.29, 1.82) is 0 Å². The molecule has 13 heavy (non-hydrogen) atoms. The van der Waals surface area contributed by atoms with Crippen LogP contribution in [0, 0.1) is 5.92 Å². The van der Waals surface area contributed by atoms with Gasteiger partial charge in [0.25, 0.3) is 0 Å². The maximum atomic E-state index is 11.4. The molecule has 4 heteroatoms. The van der Waals surface area contributed by atoms with Crippen LogP contribution in [0.5, 0.6) is 0 Å². The highest BCUT2D eigenvalue weighted by molar-refractivity contribution is 5.94. The highest BCUT2D eigenvalue weighted by atomic mass is 16.2. The average molecular weight is 179 g/mol. The molecule has 0 bridgehead atoms. The summed E-state index contributed by atoms with van der Waals surface area (Å²) < 4.78 is 0. The third-order valence-electron chi connectivity index (χ3n) is 2.28. The minimum absolute atomic E-state index is 0.135. The molecular weight excluding hydrogens is 166 g/mol. The first kappa shape index (κ1) is 8.29. The molecule has 1 fully saturated rings. The van der Waals surface area contributed by atoms with Crippen LogP contribution >= 0.6 is 0 Å². The summed E-state index contributed by atoms with van der Waals surface area (Å²) in [5.41, 5.74) is 1.83. The second kappa shape index (κ2) is 3.20. The summed E-state index contributed by atoms with van der Waals surface area (Å²) in [4.78, 5) is 11.4. The van der Waals surface area contributed by atoms with Crippen molar-refractivity contribution in [1.82, 2.24) is 10.2 Å².